The summed E-state index contributed by atoms with van der Waals surface area (Å²) in [7, 11) is -3.49. The fourth-order valence-electron chi connectivity index (χ4n) is 3.64. The number of ether oxygens (including phenoxy) is 1. The van der Waals surface area contributed by atoms with Crippen molar-refractivity contribution in [3.63, 3.8) is 0 Å². The third-order valence-electron chi connectivity index (χ3n) is 4.65. The second-order valence-corrected chi connectivity index (χ2v) is 9.55. The fraction of sp³-hybridized carbons (Fsp3) is 0.875. The van der Waals surface area contributed by atoms with Crippen molar-refractivity contribution >= 4 is 21.9 Å². The van der Waals surface area contributed by atoms with Gasteiger partial charge in [0.1, 0.15) is 5.41 Å². The van der Waals surface area contributed by atoms with E-state index in [0.29, 0.717) is 12.8 Å². The van der Waals surface area contributed by atoms with Gasteiger partial charge in [-0.3, -0.25) is 9.59 Å². The molecule has 3 aliphatic rings. The second kappa shape index (κ2) is 6.63. The molecular weight excluding hydrogens is 332 g/mol. The summed E-state index contributed by atoms with van der Waals surface area (Å²) in [5.41, 5.74) is -1.66. The fourth-order valence-corrected chi connectivity index (χ4v) is 5.11. The monoisotopic (exact) mass is 360 g/mol. The lowest BCUT2D eigenvalue weighted by molar-refractivity contribution is -0.177. The molecule has 0 atom stereocenters. The molecule has 2 heterocycles. The summed E-state index contributed by atoms with van der Waals surface area (Å²) in [6, 6.07) is 0.0265. The minimum absolute atomic E-state index is 0.0265. The molecule has 1 saturated carbocycles. The average molecular weight is 360 g/mol. The van der Waals surface area contributed by atoms with Gasteiger partial charge in [0.2, 0.25) is 15.9 Å². The summed E-state index contributed by atoms with van der Waals surface area (Å²) in [5, 5.41) is 0. The van der Waals surface area contributed by atoms with Crippen molar-refractivity contribution in [1.82, 2.24) is 9.62 Å². The Bertz CT molecular complexity index is 600. The van der Waals surface area contributed by atoms with Gasteiger partial charge in [-0.2, -0.15) is 0 Å². The maximum absolute atomic E-state index is 12.8. The van der Waals surface area contributed by atoms with E-state index in [1.165, 1.54) is 0 Å². The third-order valence-corrected chi connectivity index (χ3v) is 6.29. The van der Waals surface area contributed by atoms with E-state index in [2.05, 4.69) is 4.72 Å². The highest BCUT2D eigenvalue weighted by molar-refractivity contribution is 7.89. The minimum atomic E-state index is -3.49. The average Bonchev–Trinajstić information content (AvgIpc) is 2.45. The van der Waals surface area contributed by atoms with Gasteiger partial charge in [-0.25, -0.2) is 13.1 Å². The molecule has 138 valence electrons. The number of amides is 1. The van der Waals surface area contributed by atoms with Gasteiger partial charge >= 0.3 is 5.97 Å². The molecule has 24 heavy (non-hydrogen) atoms. The van der Waals surface area contributed by atoms with Gasteiger partial charge in [-0.05, 0) is 53.4 Å². The van der Waals surface area contributed by atoms with Crippen LogP contribution in [0.5, 0.6) is 0 Å². The molecule has 1 aliphatic carbocycles. The van der Waals surface area contributed by atoms with Crippen molar-refractivity contribution in [3.05, 3.63) is 0 Å². The Kier molecular flexibility index (Phi) is 5.30. The molecule has 0 aromatic rings. The van der Waals surface area contributed by atoms with Crippen LogP contribution in [0.25, 0.3) is 0 Å². The van der Waals surface area contributed by atoms with E-state index in [0.717, 1.165) is 12.8 Å². The van der Waals surface area contributed by atoms with Crippen molar-refractivity contribution in [2.75, 3.05) is 18.9 Å². The van der Waals surface area contributed by atoms with Crippen molar-refractivity contribution < 1.29 is 22.7 Å². The number of fused-ring (bicyclic) bond motifs is 3. The number of carbonyl (C=O) groups is 2. The number of esters is 1. The predicted molar refractivity (Wildman–Crippen MR) is 89.7 cm³/mol. The highest BCUT2D eigenvalue weighted by atomic mass is 32.2. The molecule has 3 fully saturated rings. The van der Waals surface area contributed by atoms with Crippen molar-refractivity contribution in [2.24, 2.45) is 5.41 Å². The Morgan fingerprint density at radius 1 is 1.33 bits per heavy atom. The Balaban J connectivity index is 2.09. The van der Waals surface area contributed by atoms with Gasteiger partial charge in [-0.1, -0.05) is 0 Å². The molecule has 7 nitrogen and oxygen atoms in total. The summed E-state index contributed by atoms with van der Waals surface area (Å²) < 4.78 is 32.1. The zero-order valence-electron chi connectivity index (χ0n) is 14.9. The van der Waals surface area contributed by atoms with E-state index in [1.54, 1.807) is 32.6 Å². The summed E-state index contributed by atoms with van der Waals surface area (Å²) in [6.45, 7) is 7.38. The smallest absolute Gasteiger partial charge is 0.321 e. The number of piperidine rings is 2. The van der Waals surface area contributed by atoms with Crippen LogP contribution in [0.1, 0.15) is 53.4 Å². The topological polar surface area (TPSA) is 92.8 Å². The molecule has 1 N–H and O–H groups in total. The first-order chi connectivity index (χ1) is 11.0. The highest BCUT2D eigenvalue weighted by Crippen LogP contribution is 2.46. The van der Waals surface area contributed by atoms with E-state index in [-0.39, 0.29) is 30.9 Å². The predicted octanol–water partition coefficient (Wildman–Crippen LogP) is 1.04. The molecule has 0 unspecified atom stereocenters. The summed E-state index contributed by atoms with van der Waals surface area (Å²) in [4.78, 5) is 26.7. The molecule has 2 aliphatic heterocycles. The van der Waals surface area contributed by atoms with Gasteiger partial charge in [0.15, 0.2) is 0 Å². The second-order valence-electron chi connectivity index (χ2n) is 7.70. The number of carbonyl (C=O) groups excluding carboxylic acids is 2. The quantitative estimate of drug-likeness (QED) is 0.564. The summed E-state index contributed by atoms with van der Waals surface area (Å²) in [5.74, 6) is -0.894. The molecule has 2 bridgehead atoms. The maximum atomic E-state index is 12.8. The molecule has 0 aromatic heterocycles. The number of nitrogens with zero attached hydrogens (tertiary/aromatic N) is 1. The standard InChI is InChI=1S/C16H28N2O5S/c1-5-23-14(20)16-8-6-12(7-9-16)18(13(16)19)10-11-24(21,22)17-15(2,3)4/h12,17H,5-11H2,1-4H3. The van der Waals surface area contributed by atoms with Gasteiger partial charge in [0.05, 0.1) is 12.4 Å². The molecule has 0 aromatic carbocycles. The van der Waals surface area contributed by atoms with Crippen LogP contribution >= 0.6 is 0 Å². The van der Waals surface area contributed by atoms with E-state index in [9.17, 15) is 18.0 Å². The van der Waals surface area contributed by atoms with Crippen LogP contribution < -0.4 is 4.72 Å². The molecule has 8 heteroatoms. The molecule has 0 radical (unpaired) electrons. The number of nitrogens with one attached hydrogen (secondary N) is 1. The molecular formula is C16H28N2O5S. The zero-order chi connectivity index (χ0) is 18.2. The first-order valence-corrected chi connectivity index (χ1v) is 10.2. The first-order valence-electron chi connectivity index (χ1n) is 8.51. The van der Waals surface area contributed by atoms with Crippen LogP contribution in [0, 0.1) is 5.41 Å². The zero-order valence-corrected chi connectivity index (χ0v) is 15.7. The number of sulfonamides is 1. The molecule has 1 amide bonds. The van der Waals surface area contributed by atoms with Crippen LogP contribution in [0.3, 0.4) is 0 Å². The SMILES string of the molecule is CCOC(=O)C12CCC(CC1)N(CCS(=O)(=O)NC(C)(C)C)C2=O. The lowest BCUT2D eigenvalue weighted by Crippen LogP contribution is -2.62. The molecule has 3 rings (SSSR count). The van der Waals surface area contributed by atoms with Gasteiger partial charge < -0.3 is 9.64 Å². The molecule has 0 spiro atoms. The summed E-state index contributed by atoms with van der Waals surface area (Å²) >= 11 is 0. The van der Waals surface area contributed by atoms with Crippen LogP contribution in [0.4, 0.5) is 0 Å². The number of hydrogen-bond acceptors (Lipinski definition) is 5. The normalized spacial score (nSPS) is 27.4. The van der Waals surface area contributed by atoms with Crippen molar-refractivity contribution in [1.29, 1.82) is 0 Å². The minimum Gasteiger partial charge on any atom is -0.465 e. The Labute approximate surface area is 144 Å². The van der Waals surface area contributed by atoms with E-state index in [4.69, 9.17) is 4.74 Å². The Morgan fingerprint density at radius 3 is 2.42 bits per heavy atom. The van der Waals surface area contributed by atoms with Crippen molar-refractivity contribution in [3.8, 4) is 0 Å². The Hall–Kier alpha value is -1.15. The molecule has 2 saturated heterocycles. The van der Waals surface area contributed by atoms with Gasteiger partial charge in [-0.15, -0.1) is 0 Å². The number of hydrogen-bond donors (Lipinski definition) is 1. The highest BCUT2D eigenvalue weighted by Gasteiger charge is 2.57. The van der Waals surface area contributed by atoms with Crippen LogP contribution in [0.2, 0.25) is 0 Å². The maximum Gasteiger partial charge on any atom is 0.321 e. The number of rotatable bonds is 6. The van der Waals surface area contributed by atoms with Gasteiger partial charge in [0, 0.05) is 18.1 Å². The van der Waals surface area contributed by atoms with E-state index in [1.807, 2.05) is 0 Å². The van der Waals surface area contributed by atoms with Gasteiger partial charge in [0.25, 0.3) is 0 Å². The third kappa shape index (κ3) is 3.91. The summed E-state index contributed by atoms with van der Waals surface area (Å²) in [6.07, 6.45) is 2.44. The first kappa shape index (κ1) is 19.2. The van der Waals surface area contributed by atoms with Crippen LogP contribution in [0.15, 0.2) is 0 Å². The largest absolute Gasteiger partial charge is 0.465 e. The van der Waals surface area contributed by atoms with Crippen LogP contribution in [-0.4, -0.2) is 55.7 Å². The lowest BCUT2D eigenvalue weighted by atomic mass is 9.67. The Morgan fingerprint density at radius 2 is 1.92 bits per heavy atom. The van der Waals surface area contributed by atoms with Crippen molar-refractivity contribution in [2.45, 2.75) is 65.0 Å². The van der Waals surface area contributed by atoms with E-state index >= 15 is 0 Å². The van der Waals surface area contributed by atoms with Crippen LogP contribution in [-0.2, 0) is 24.3 Å². The lowest BCUT2D eigenvalue weighted by Gasteiger charge is -2.50. The van der Waals surface area contributed by atoms with E-state index < -0.39 is 26.9 Å².